The van der Waals surface area contributed by atoms with Crippen molar-refractivity contribution >= 4 is 23.6 Å². The van der Waals surface area contributed by atoms with Crippen LogP contribution in [0.1, 0.15) is 0 Å². The Morgan fingerprint density at radius 3 is 2.40 bits per heavy atom. The molecule has 1 aromatic rings. The largest absolute Gasteiger partial charge is 0.482 e. The number of nitrogens with zero attached hydrogens (tertiary/aromatic N) is 1. The highest BCUT2D eigenvalue weighted by atomic mass is 16.5. The van der Waals surface area contributed by atoms with Gasteiger partial charge in [-0.05, 0) is 24.3 Å². The maximum atomic E-state index is 11.6. The van der Waals surface area contributed by atoms with E-state index in [4.69, 9.17) is 15.6 Å². The smallest absolute Gasteiger partial charge is 0.341 e. The molecule has 0 heterocycles. The normalized spacial score (nSPS) is 9.65. The second-order valence-corrected chi connectivity index (χ2v) is 3.96. The predicted octanol–water partition coefficient (Wildman–Crippen LogP) is 0.0990. The number of carbonyl (C=O) groups is 3. The van der Waals surface area contributed by atoms with Gasteiger partial charge in [0.15, 0.2) is 6.61 Å². The number of carbonyl (C=O) groups excluding carboxylic acids is 2. The summed E-state index contributed by atoms with van der Waals surface area (Å²) in [6.45, 7) is -0.626. The molecule has 0 saturated heterocycles. The molecule has 0 atom stereocenters. The first kappa shape index (κ1) is 15.3. The molecule has 0 radical (unpaired) electrons. The molecule has 3 amide bonds. The third kappa shape index (κ3) is 5.25. The average Bonchev–Trinajstić information content (AvgIpc) is 2.37. The van der Waals surface area contributed by atoms with Gasteiger partial charge >= 0.3 is 12.0 Å². The Bertz CT molecular complexity index is 500. The number of amides is 3. The molecule has 0 spiro atoms. The minimum atomic E-state index is -1.07. The van der Waals surface area contributed by atoms with E-state index in [0.29, 0.717) is 11.4 Å². The van der Waals surface area contributed by atoms with Crippen LogP contribution in [0.3, 0.4) is 0 Å². The van der Waals surface area contributed by atoms with Crippen molar-refractivity contribution in [3.8, 4) is 5.75 Å². The Morgan fingerprint density at radius 2 is 1.90 bits per heavy atom. The van der Waals surface area contributed by atoms with Gasteiger partial charge in [-0.2, -0.15) is 0 Å². The molecule has 0 aliphatic carbocycles. The first-order valence-electron chi connectivity index (χ1n) is 5.63. The van der Waals surface area contributed by atoms with Crippen LogP contribution >= 0.6 is 0 Å². The van der Waals surface area contributed by atoms with E-state index < -0.39 is 24.5 Å². The van der Waals surface area contributed by atoms with Gasteiger partial charge in [0.2, 0.25) is 5.91 Å². The number of rotatable bonds is 6. The number of hydrogen-bond donors (Lipinski definition) is 3. The summed E-state index contributed by atoms with van der Waals surface area (Å²) in [5.74, 6) is -1.31. The Labute approximate surface area is 115 Å². The Morgan fingerprint density at radius 1 is 1.30 bits per heavy atom. The number of benzene rings is 1. The average molecular weight is 281 g/mol. The molecule has 0 aromatic heterocycles. The zero-order valence-corrected chi connectivity index (χ0v) is 10.8. The maximum absolute atomic E-state index is 11.6. The summed E-state index contributed by atoms with van der Waals surface area (Å²) in [6, 6.07) is 5.66. The van der Waals surface area contributed by atoms with E-state index in [-0.39, 0.29) is 6.54 Å². The fraction of sp³-hybridized carbons (Fsp3) is 0.250. The predicted molar refractivity (Wildman–Crippen MR) is 70.4 cm³/mol. The highest BCUT2D eigenvalue weighted by Gasteiger charge is 2.10. The maximum Gasteiger partial charge on any atom is 0.341 e. The second-order valence-electron chi connectivity index (χ2n) is 3.96. The first-order valence-corrected chi connectivity index (χ1v) is 5.63. The van der Waals surface area contributed by atoms with Crippen LogP contribution in [0.25, 0.3) is 0 Å². The standard InChI is InChI=1S/C12H15N3O5/c1-15(6-10(13)16)12(19)14-8-2-4-9(5-3-8)20-7-11(17)18/h2-5H,6-7H2,1H3,(H2,13,16)(H,14,19)(H,17,18). The van der Waals surface area contributed by atoms with Gasteiger partial charge in [-0.1, -0.05) is 0 Å². The van der Waals surface area contributed by atoms with Crippen molar-refractivity contribution in [2.75, 3.05) is 25.5 Å². The van der Waals surface area contributed by atoms with Crippen LogP contribution in [0, 0.1) is 0 Å². The lowest BCUT2D eigenvalue weighted by molar-refractivity contribution is -0.139. The molecule has 0 fully saturated rings. The van der Waals surface area contributed by atoms with Crippen molar-refractivity contribution < 1.29 is 24.2 Å². The molecular formula is C12H15N3O5. The number of carboxylic acid groups (broad SMARTS) is 1. The van der Waals surface area contributed by atoms with Gasteiger partial charge in [-0.3, -0.25) is 4.79 Å². The van der Waals surface area contributed by atoms with E-state index in [9.17, 15) is 14.4 Å². The van der Waals surface area contributed by atoms with Crippen LogP contribution < -0.4 is 15.8 Å². The van der Waals surface area contributed by atoms with Crippen molar-refractivity contribution in [2.24, 2.45) is 5.73 Å². The molecule has 1 aromatic carbocycles. The van der Waals surface area contributed by atoms with Crippen molar-refractivity contribution in [1.82, 2.24) is 4.90 Å². The minimum Gasteiger partial charge on any atom is -0.482 e. The lowest BCUT2D eigenvalue weighted by atomic mass is 10.3. The van der Waals surface area contributed by atoms with Crippen molar-refractivity contribution in [3.63, 3.8) is 0 Å². The Balaban J connectivity index is 2.54. The molecule has 1 rings (SSSR count). The van der Waals surface area contributed by atoms with Crippen LogP contribution in [-0.2, 0) is 9.59 Å². The Kier molecular flexibility index (Phi) is 5.33. The fourth-order valence-corrected chi connectivity index (χ4v) is 1.30. The van der Waals surface area contributed by atoms with E-state index >= 15 is 0 Å². The number of nitrogens with one attached hydrogen (secondary N) is 1. The van der Waals surface area contributed by atoms with Gasteiger partial charge < -0.3 is 25.8 Å². The van der Waals surface area contributed by atoms with Crippen LogP contribution in [0.2, 0.25) is 0 Å². The van der Waals surface area contributed by atoms with Gasteiger partial charge in [-0.15, -0.1) is 0 Å². The summed E-state index contributed by atoms with van der Waals surface area (Å²) >= 11 is 0. The molecule has 0 bridgehead atoms. The number of nitrogens with two attached hydrogens (primary N) is 1. The van der Waals surface area contributed by atoms with Gasteiger partial charge in [-0.25, -0.2) is 9.59 Å². The molecule has 20 heavy (non-hydrogen) atoms. The number of carboxylic acids is 1. The third-order valence-electron chi connectivity index (χ3n) is 2.21. The number of aliphatic carboxylic acids is 1. The lowest BCUT2D eigenvalue weighted by Gasteiger charge is -2.16. The van der Waals surface area contributed by atoms with Crippen LogP contribution in [0.4, 0.5) is 10.5 Å². The first-order chi connectivity index (χ1) is 9.38. The summed E-state index contributed by atoms with van der Waals surface area (Å²) in [5, 5.41) is 11.0. The van der Waals surface area contributed by atoms with E-state index in [0.717, 1.165) is 4.90 Å². The summed E-state index contributed by atoms with van der Waals surface area (Å²) < 4.78 is 4.94. The monoisotopic (exact) mass is 281 g/mol. The van der Waals surface area contributed by atoms with Crippen molar-refractivity contribution in [2.45, 2.75) is 0 Å². The SMILES string of the molecule is CN(CC(N)=O)C(=O)Nc1ccc(OCC(=O)O)cc1. The third-order valence-corrected chi connectivity index (χ3v) is 2.21. The molecule has 4 N–H and O–H groups in total. The van der Waals surface area contributed by atoms with E-state index in [1.165, 1.54) is 19.2 Å². The molecule has 0 saturated carbocycles. The number of urea groups is 1. The van der Waals surface area contributed by atoms with E-state index in [2.05, 4.69) is 5.32 Å². The summed E-state index contributed by atoms with van der Waals surface area (Å²) in [7, 11) is 1.43. The zero-order valence-electron chi connectivity index (χ0n) is 10.8. The summed E-state index contributed by atoms with van der Waals surface area (Å²) in [6.07, 6.45) is 0. The molecular weight excluding hydrogens is 266 g/mol. The number of hydrogen-bond acceptors (Lipinski definition) is 4. The molecule has 108 valence electrons. The highest BCUT2D eigenvalue weighted by Crippen LogP contribution is 2.15. The fourth-order valence-electron chi connectivity index (χ4n) is 1.30. The summed E-state index contributed by atoms with van der Waals surface area (Å²) in [4.78, 5) is 33.8. The number of anilines is 1. The number of primary amides is 1. The molecule has 0 aliphatic rings. The van der Waals surface area contributed by atoms with E-state index in [1.807, 2.05) is 0 Å². The molecule has 8 heteroatoms. The molecule has 0 unspecified atom stereocenters. The van der Waals surface area contributed by atoms with Crippen molar-refractivity contribution in [3.05, 3.63) is 24.3 Å². The second kappa shape index (κ2) is 6.98. The van der Waals surface area contributed by atoms with Gasteiger partial charge in [0.05, 0.1) is 0 Å². The quantitative estimate of drug-likeness (QED) is 0.682. The number of ether oxygens (including phenoxy) is 1. The van der Waals surface area contributed by atoms with Crippen LogP contribution in [0.15, 0.2) is 24.3 Å². The molecule has 8 nitrogen and oxygen atoms in total. The van der Waals surface area contributed by atoms with Crippen LogP contribution in [-0.4, -0.2) is 48.1 Å². The van der Waals surface area contributed by atoms with Crippen LogP contribution in [0.5, 0.6) is 5.75 Å². The van der Waals surface area contributed by atoms with Gasteiger partial charge in [0, 0.05) is 12.7 Å². The minimum absolute atomic E-state index is 0.189. The van der Waals surface area contributed by atoms with Crippen molar-refractivity contribution in [1.29, 1.82) is 0 Å². The highest BCUT2D eigenvalue weighted by molar-refractivity contribution is 5.91. The zero-order chi connectivity index (χ0) is 15.1. The topological polar surface area (TPSA) is 122 Å². The van der Waals surface area contributed by atoms with E-state index in [1.54, 1.807) is 12.1 Å². The number of likely N-dealkylation sites (N-methyl/N-ethyl adjacent to an activating group) is 1. The Hall–Kier alpha value is -2.77. The van der Waals surface area contributed by atoms with Gasteiger partial charge in [0.25, 0.3) is 0 Å². The summed E-state index contributed by atoms with van der Waals surface area (Å²) in [5.41, 5.74) is 5.46. The lowest BCUT2D eigenvalue weighted by Crippen LogP contribution is -2.38. The molecule has 0 aliphatic heterocycles. The van der Waals surface area contributed by atoms with Gasteiger partial charge in [0.1, 0.15) is 12.3 Å².